The summed E-state index contributed by atoms with van der Waals surface area (Å²) in [4.78, 5) is 43.3. The average Bonchev–Trinajstić information content (AvgIpc) is 3.63. The van der Waals surface area contributed by atoms with Crippen LogP contribution < -0.4 is 4.90 Å². The molecule has 3 amide bonds. The van der Waals surface area contributed by atoms with Crippen LogP contribution in [-0.4, -0.2) is 29.3 Å². The van der Waals surface area contributed by atoms with Crippen molar-refractivity contribution >= 4 is 23.4 Å². The second-order valence-corrected chi connectivity index (χ2v) is 9.52. The Kier molecular flexibility index (Phi) is 4.36. The Morgan fingerprint density at radius 2 is 1.50 bits per heavy atom. The largest absolute Gasteiger partial charge is 0.290 e. The van der Waals surface area contributed by atoms with Gasteiger partial charge < -0.3 is 0 Å². The molecule has 0 aromatic heterocycles. The predicted octanol–water partition coefficient (Wildman–Crippen LogP) is 3.91. The molecular weight excluding hydrogens is 400 g/mol. The SMILES string of the molecule is CCc1ccc(N(CN2C(=O)[C@@H]3[C@@H]4C=C[C@H]([C@@H]5C[C@H]45)[C@H]3C2=O)C(=O)c2ccccc2)cc1. The van der Waals surface area contributed by atoms with E-state index in [2.05, 4.69) is 19.1 Å². The first-order valence-electron chi connectivity index (χ1n) is 11.6. The van der Waals surface area contributed by atoms with E-state index in [4.69, 9.17) is 0 Å². The number of rotatable bonds is 5. The predicted molar refractivity (Wildman–Crippen MR) is 120 cm³/mol. The fraction of sp³-hybridized carbons (Fsp3) is 0.370. The molecule has 1 saturated heterocycles. The quantitative estimate of drug-likeness (QED) is 0.538. The lowest BCUT2D eigenvalue weighted by Crippen LogP contribution is -2.45. The highest BCUT2D eigenvalue weighted by Gasteiger charge is 2.67. The summed E-state index contributed by atoms with van der Waals surface area (Å²) >= 11 is 0. The molecule has 2 saturated carbocycles. The zero-order valence-electron chi connectivity index (χ0n) is 18.1. The maximum Gasteiger partial charge on any atom is 0.259 e. The summed E-state index contributed by atoms with van der Waals surface area (Å²) in [7, 11) is 0. The molecule has 5 nitrogen and oxygen atoms in total. The molecule has 5 heteroatoms. The summed E-state index contributed by atoms with van der Waals surface area (Å²) in [6.07, 6.45) is 6.38. The first kappa shape index (κ1) is 19.5. The number of anilines is 1. The van der Waals surface area contributed by atoms with Gasteiger partial charge in [-0.3, -0.25) is 24.2 Å². The minimum absolute atomic E-state index is 0.0430. The number of allylic oxidation sites excluding steroid dienone is 2. The number of amides is 3. The van der Waals surface area contributed by atoms with Gasteiger partial charge in [-0.15, -0.1) is 0 Å². The van der Waals surface area contributed by atoms with Gasteiger partial charge in [-0.25, -0.2) is 0 Å². The number of likely N-dealkylation sites (tertiary alicyclic amines) is 1. The number of hydrogen-bond acceptors (Lipinski definition) is 3. The molecule has 32 heavy (non-hydrogen) atoms. The molecule has 2 bridgehead atoms. The highest BCUT2D eigenvalue weighted by atomic mass is 16.2. The number of nitrogens with zero attached hydrogens (tertiary/aromatic N) is 2. The van der Waals surface area contributed by atoms with Crippen LogP contribution in [0, 0.1) is 35.5 Å². The van der Waals surface area contributed by atoms with Crippen molar-refractivity contribution < 1.29 is 14.4 Å². The number of carbonyl (C=O) groups is 3. The minimum atomic E-state index is -0.252. The third kappa shape index (κ3) is 2.80. The fourth-order valence-corrected chi connectivity index (χ4v) is 6.21. The van der Waals surface area contributed by atoms with Crippen LogP contribution >= 0.6 is 0 Å². The summed E-state index contributed by atoms with van der Waals surface area (Å²) in [5.74, 6) is 0.542. The van der Waals surface area contributed by atoms with Gasteiger partial charge in [-0.05, 0) is 66.3 Å². The molecule has 0 spiro atoms. The van der Waals surface area contributed by atoms with Crippen LogP contribution in [0.15, 0.2) is 66.7 Å². The van der Waals surface area contributed by atoms with Gasteiger partial charge in [-0.1, -0.05) is 49.4 Å². The lowest BCUT2D eigenvalue weighted by Gasteiger charge is -2.37. The van der Waals surface area contributed by atoms with Crippen molar-refractivity contribution in [3.8, 4) is 0 Å². The van der Waals surface area contributed by atoms with Crippen molar-refractivity contribution in [2.75, 3.05) is 11.6 Å². The molecule has 6 atom stereocenters. The van der Waals surface area contributed by atoms with E-state index in [0.717, 1.165) is 12.8 Å². The summed E-state index contributed by atoms with van der Waals surface area (Å²) in [6.45, 7) is 2.04. The van der Waals surface area contributed by atoms with Crippen molar-refractivity contribution in [3.63, 3.8) is 0 Å². The third-order valence-corrected chi connectivity index (χ3v) is 7.96. The zero-order valence-corrected chi connectivity index (χ0v) is 18.1. The first-order chi connectivity index (χ1) is 15.6. The number of benzene rings is 2. The zero-order chi connectivity index (χ0) is 22.0. The molecule has 7 rings (SSSR count). The summed E-state index contributed by atoms with van der Waals surface area (Å²) in [6, 6.07) is 16.8. The van der Waals surface area contributed by atoms with Crippen LogP contribution in [0.4, 0.5) is 5.69 Å². The third-order valence-electron chi connectivity index (χ3n) is 7.96. The highest BCUT2D eigenvalue weighted by molar-refractivity contribution is 6.09. The maximum atomic E-state index is 13.5. The van der Waals surface area contributed by atoms with E-state index >= 15 is 0 Å². The van der Waals surface area contributed by atoms with Gasteiger partial charge in [0.05, 0.1) is 11.8 Å². The molecule has 0 N–H and O–H groups in total. The van der Waals surface area contributed by atoms with Crippen LogP contribution in [0.3, 0.4) is 0 Å². The van der Waals surface area contributed by atoms with Gasteiger partial charge in [0, 0.05) is 11.3 Å². The number of hydrogen-bond donors (Lipinski definition) is 0. The van der Waals surface area contributed by atoms with Gasteiger partial charge in [0.2, 0.25) is 11.8 Å². The van der Waals surface area contributed by atoms with Crippen LogP contribution in [0.25, 0.3) is 0 Å². The molecule has 5 aliphatic rings. The molecule has 3 fully saturated rings. The van der Waals surface area contributed by atoms with Crippen molar-refractivity contribution in [3.05, 3.63) is 77.9 Å². The summed E-state index contributed by atoms with van der Waals surface area (Å²) in [5.41, 5.74) is 2.39. The minimum Gasteiger partial charge on any atom is -0.290 e. The van der Waals surface area contributed by atoms with Gasteiger partial charge in [-0.2, -0.15) is 0 Å². The molecule has 4 aliphatic carbocycles. The molecular formula is C27H26N2O3. The molecule has 2 aromatic rings. The Morgan fingerprint density at radius 3 is 2.06 bits per heavy atom. The van der Waals surface area contributed by atoms with Crippen molar-refractivity contribution in [1.29, 1.82) is 0 Å². The smallest absolute Gasteiger partial charge is 0.259 e. The Hall–Kier alpha value is -3.21. The van der Waals surface area contributed by atoms with Crippen molar-refractivity contribution in [1.82, 2.24) is 4.90 Å². The standard InChI is InChI=1S/C27H26N2O3/c1-2-16-8-10-18(11-9-16)28(25(30)17-6-4-3-5-7-17)15-29-26(31)23-19-12-13-20(22-14-21(19)22)24(23)27(29)32/h3-13,19-24H,2,14-15H2,1H3/t19-,20-,21-,22+,23-,24-/m1/s1. The van der Waals surface area contributed by atoms with Gasteiger partial charge in [0.25, 0.3) is 5.91 Å². The van der Waals surface area contributed by atoms with Crippen LogP contribution in [0.1, 0.15) is 29.3 Å². The Labute approximate surface area is 187 Å². The Bertz CT molecular complexity index is 1090. The van der Waals surface area contributed by atoms with Crippen molar-refractivity contribution in [2.45, 2.75) is 19.8 Å². The Balaban J connectivity index is 1.33. The maximum absolute atomic E-state index is 13.5. The highest BCUT2D eigenvalue weighted by Crippen LogP contribution is 2.65. The topological polar surface area (TPSA) is 57.7 Å². The van der Waals surface area contributed by atoms with E-state index in [0.29, 0.717) is 23.1 Å². The van der Waals surface area contributed by atoms with E-state index < -0.39 is 0 Å². The molecule has 1 heterocycles. The first-order valence-corrected chi connectivity index (χ1v) is 11.6. The second kappa shape index (κ2) is 7.16. The summed E-state index contributed by atoms with van der Waals surface area (Å²) in [5, 5.41) is 0. The van der Waals surface area contributed by atoms with E-state index in [1.54, 1.807) is 17.0 Å². The van der Waals surface area contributed by atoms with Crippen LogP contribution in [-0.2, 0) is 16.0 Å². The van der Waals surface area contributed by atoms with Gasteiger partial charge in [0.1, 0.15) is 6.67 Å². The summed E-state index contributed by atoms with van der Waals surface area (Å²) < 4.78 is 0. The molecule has 1 aliphatic heterocycles. The number of carbonyl (C=O) groups excluding carboxylic acids is 3. The molecule has 2 aromatic carbocycles. The van der Waals surface area contributed by atoms with Crippen LogP contribution in [0.2, 0.25) is 0 Å². The number of imide groups is 1. The Morgan fingerprint density at radius 1 is 0.906 bits per heavy atom. The molecule has 162 valence electrons. The lowest BCUT2D eigenvalue weighted by molar-refractivity contribution is -0.140. The molecule has 0 unspecified atom stereocenters. The molecule has 0 radical (unpaired) electrons. The van der Waals surface area contributed by atoms with Gasteiger partial charge in [0.15, 0.2) is 0 Å². The van der Waals surface area contributed by atoms with E-state index in [9.17, 15) is 14.4 Å². The van der Waals surface area contributed by atoms with E-state index in [1.807, 2.05) is 42.5 Å². The lowest BCUT2D eigenvalue weighted by atomic mass is 9.63. The average molecular weight is 427 g/mol. The fourth-order valence-electron chi connectivity index (χ4n) is 6.21. The normalized spacial score (nSPS) is 31.5. The van der Waals surface area contributed by atoms with Crippen LogP contribution in [0.5, 0.6) is 0 Å². The van der Waals surface area contributed by atoms with Crippen molar-refractivity contribution in [2.24, 2.45) is 35.5 Å². The van der Waals surface area contributed by atoms with E-state index in [1.165, 1.54) is 10.5 Å². The number of aryl methyl sites for hydroxylation is 1. The monoisotopic (exact) mass is 426 g/mol. The van der Waals surface area contributed by atoms with Gasteiger partial charge >= 0.3 is 0 Å². The van der Waals surface area contributed by atoms with E-state index in [-0.39, 0.29) is 48.1 Å². The second-order valence-electron chi connectivity index (χ2n) is 9.52.